The van der Waals surface area contributed by atoms with Gasteiger partial charge in [0.15, 0.2) is 0 Å². The van der Waals surface area contributed by atoms with E-state index in [9.17, 15) is 9.59 Å². The van der Waals surface area contributed by atoms with E-state index in [-0.39, 0.29) is 53.1 Å². The van der Waals surface area contributed by atoms with Gasteiger partial charge in [0.1, 0.15) is 5.83 Å². The largest absolute Gasteiger partial charge is 0.350 e. The quantitative estimate of drug-likeness (QED) is 0.363. The van der Waals surface area contributed by atoms with Crippen LogP contribution in [-0.4, -0.2) is 104 Å². The van der Waals surface area contributed by atoms with Crippen molar-refractivity contribution in [3.8, 4) is 0 Å². The minimum absolute atomic E-state index is 0.0306. The van der Waals surface area contributed by atoms with Gasteiger partial charge in [-0.1, -0.05) is 13.8 Å². The van der Waals surface area contributed by atoms with Gasteiger partial charge in [-0.3, -0.25) is 19.4 Å². The lowest BCUT2D eigenvalue weighted by molar-refractivity contribution is -0.131. The number of rotatable bonds is 7. The summed E-state index contributed by atoms with van der Waals surface area (Å²) >= 11 is 0. The molecule has 4 aliphatic rings. The Bertz CT molecular complexity index is 877. The first-order valence-electron chi connectivity index (χ1n) is 14.2. The SMILES string of the molecule is CCC12C=C(F)CN(C)C(C(C(=O)NC3CNCCC3N3CCN(C(C)=O)CC3)C(N)N)CC1(CC)C2. The highest BCUT2D eigenvalue weighted by molar-refractivity contribution is 5.80. The van der Waals surface area contributed by atoms with Crippen LogP contribution in [-0.2, 0) is 9.59 Å². The minimum Gasteiger partial charge on any atom is -0.350 e. The number of nitrogens with two attached hydrogens (primary N) is 2. The molecule has 0 aromatic rings. The third kappa shape index (κ3) is 5.59. The first kappa shape index (κ1) is 28.4. The van der Waals surface area contributed by atoms with E-state index in [1.54, 1.807) is 6.92 Å². The Morgan fingerprint density at radius 1 is 1.22 bits per heavy atom. The minimum atomic E-state index is -0.850. The molecule has 6 unspecified atom stereocenters. The van der Waals surface area contributed by atoms with E-state index in [1.807, 2.05) is 22.9 Å². The van der Waals surface area contributed by atoms with Crippen LogP contribution >= 0.6 is 0 Å². The fourth-order valence-corrected chi connectivity index (χ4v) is 7.60. The molecule has 3 heterocycles. The van der Waals surface area contributed by atoms with E-state index in [0.717, 1.165) is 51.7 Å². The highest BCUT2D eigenvalue weighted by Gasteiger charge is 2.65. The van der Waals surface area contributed by atoms with Gasteiger partial charge < -0.3 is 27.0 Å². The second-order valence-corrected chi connectivity index (χ2v) is 11.9. The van der Waals surface area contributed by atoms with Gasteiger partial charge in [0.05, 0.1) is 18.1 Å². The van der Waals surface area contributed by atoms with Crippen LogP contribution in [0, 0.1) is 16.7 Å². The Balaban J connectivity index is 1.51. The normalized spacial score (nSPS) is 36.3. The van der Waals surface area contributed by atoms with Crippen LogP contribution in [0.25, 0.3) is 0 Å². The summed E-state index contributed by atoms with van der Waals surface area (Å²) in [4.78, 5) is 31.9. The molecule has 2 saturated heterocycles. The second-order valence-electron chi connectivity index (χ2n) is 11.9. The van der Waals surface area contributed by atoms with Gasteiger partial charge in [0.25, 0.3) is 0 Å². The maximum absolute atomic E-state index is 15.1. The Labute approximate surface area is 221 Å². The number of fused-ring (bicyclic) bond motifs is 1. The Morgan fingerprint density at radius 2 is 1.92 bits per heavy atom. The van der Waals surface area contributed by atoms with Crippen molar-refractivity contribution in [2.24, 2.45) is 28.2 Å². The van der Waals surface area contributed by atoms with Crippen molar-refractivity contribution in [2.45, 2.75) is 77.2 Å². The number of allylic oxidation sites excluding steroid dienone is 1. The number of carbonyl (C=O) groups is 2. The van der Waals surface area contributed by atoms with Crippen LogP contribution in [0.1, 0.15) is 52.9 Å². The Morgan fingerprint density at radius 3 is 2.51 bits per heavy atom. The van der Waals surface area contributed by atoms with Crippen molar-refractivity contribution in [3.05, 3.63) is 11.9 Å². The maximum atomic E-state index is 15.1. The zero-order valence-electron chi connectivity index (χ0n) is 23.1. The summed E-state index contributed by atoms with van der Waals surface area (Å²) in [7, 11) is 1.88. The maximum Gasteiger partial charge on any atom is 0.227 e. The molecule has 0 aromatic carbocycles. The molecule has 1 saturated carbocycles. The van der Waals surface area contributed by atoms with Crippen LogP contribution in [0.2, 0.25) is 0 Å². The van der Waals surface area contributed by atoms with Crippen LogP contribution in [0.4, 0.5) is 4.39 Å². The molecule has 9 nitrogen and oxygen atoms in total. The van der Waals surface area contributed by atoms with Crippen molar-refractivity contribution in [3.63, 3.8) is 0 Å². The molecule has 0 radical (unpaired) electrons. The number of nitrogens with one attached hydrogen (secondary N) is 2. The van der Waals surface area contributed by atoms with Gasteiger partial charge in [0, 0.05) is 58.3 Å². The molecule has 3 aliphatic heterocycles. The number of halogens is 1. The van der Waals surface area contributed by atoms with Gasteiger partial charge in [0.2, 0.25) is 11.8 Å². The fourth-order valence-electron chi connectivity index (χ4n) is 7.60. The number of nitrogens with zero attached hydrogens (tertiary/aromatic N) is 3. The highest BCUT2D eigenvalue weighted by atomic mass is 19.1. The van der Waals surface area contributed by atoms with E-state index >= 15 is 4.39 Å². The summed E-state index contributed by atoms with van der Waals surface area (Å²) in [5.41, 5.74) is 12.5. The number of hydrogen-bond acceptors (Lipinski definition) is 7. The molecule has 6 atom stereocenters. The zero-order valence-corrected chi connectivity index (χ0v) is 23.1. The number of carbonyl (C=O) groups excluding carboxylic acids is 2. The van der Waals surface area contributed by atoms with Gasteiger partial charge in [-0.15, -0.1) is 0 Å². The van der Waals surface area contributed by atoms with E-state index in [0.29, 0.717) is 19.6 Å². The fraction of sp³-hybridized carbons (Fsp3) is 0.852. The van der Waals surface area contributed by atoms with Gasteiger partial charge >= 0.3 is 0 Å². The summed E-state index contributed by atoms with van der Waals surface area (Å²) in [6.45, 7) is 10.7. The zero-order chi connectivity index (χ0) is 27.0. The van der Waals surface area contributed by atoms with Crippen LogP contribution < -0.4 is 22.1 Å². The standard InChI is InChI=1S/C27H48FN7O2/c1-5-26-13-19(28)16-33(4)22(14-27(26,6-2)17-26)23(24(29)30)25(37)32-20-15-31-8-7-21(20)35-11-9-34(10-12-35)18(3)36/h13,20-24,31H,5-12,14-17,29-30H2,1-4H3,(H,32,37). The molecule has 10 heteroatoms. The molecule has 6 N–H and O–H groups in total. The summed E-state index contributed by atoms with van der Waals surface area (Å²) in [6, 6.07) is -0.151. The first-order valence-corrected chi connectivity index (χ1v) is 14.2. The van der Waals surface area contributed by atoms with Crippen LogP contribution in [0.15, 0.2) is 11.9 Å². The van der Waals surface area contributed by atoms with Crippen molar-refractivity contribution < 1.29 is 14.0 Å². The lowest BCUT2D eigenvalue weighted by Crippen LogP contribution is -2.65. The molecule has 210 valence electrons. The molecule has 37 heavy (non-hydrogen) atoms. The second kappa shape index (κ2) is 11.3. The summed E-state index contributed by atoms with van der Waals surface area (Å²) < 4.78 is 15.1. The Kier molecular flexibility index (Phi) is 8.65. The molecule has 0 bridgehead atoms. The van der Waals surface area contributed by atoms with Crippen molar-refractivity contribution in [1.29, 1.82) is 0 Å². The van der Waals surface area contributed by atoms with Crippen LogP contribution in [0.5, 0.6) is 0 Å². The van der Waals surface area contributed by atoms with E-state index in [1.165, 1.54) is 0 Å². The average Bonchev–Trinajstić information content (AvgIpc) is 3.48. The summed E-state index contributed by atoms with van der Waals surface area (Å²) in [5.74, 6) is -0.814. The van der Waals surface area contributed by atoms with Crippen molar-refractivity contribution in [1.82, 2.24) is 25.3 Å². The monoisotopic (exact) mass is 521 g/mol. The first-order chi connectivity index (χ1) is 17.6. The van der Waals surface area contributed by atoms with Gasteiger partial charge in [-0.05, 0) is 62.6 Å². The summed E-state index contributed by atoms with van der Waals surface area (Å²) in [5, 5.41) is 6.73. The lowest BCUT2D eigenvalue weighted by Gasteiger charge is -2.45. The molecule has 3 fully saturated rings. The van der Waals surface area contributed by atoms with E-state index in [4.69, 9.17) is 11.5 Å². The number of piperazine rings is 1. The predicted octanol–water partition coefficient (Wildman–Crippen LogP) is 0.611. The van der Waals surface area contributed by atoms with E-state index in [2.05, 4.69) is 29.4 Å². The third-order valence-corrected chi connectivity index (χ3v) is 10.0. The number of likely N-dealkylation sites (N-methyl/N-ethyl adjacent to an activating group) is 1. The third-order valence-electron chi connectivity index (χ3n) is 10.0. The van der Waals surface area contributed by atoms with Gasteiger partial charge in [-0.25, -0.2) is 4.39 Å². The lowest BCUT2D eigenvalue weighted by atomic mass is 9.77. The van der Waals surface area contributed by atoms with Crippen LogP contribution in [0.3, 0.4) is 0 Å². The van der Waals surface area contributed by atoms with Crippen molar-refractivity contribution in [2.75, 3.05) is 52.9 Å². The molecule has 0 spiro atoms. The smallest absolute Gasteiger partial charge is 0.227 e. The molecule has 2 amide bonds. The predicted molar refractivity (Wildman–Crippen MR) is 143 cm³/mol. The molecular weight excluding hydrogens is 473 g/mol. The number of hydrogen-bond donors (Lipinski definition) is 4. The highest BCUT2D eigenvalue weighted by Crippen LogP contribution is 2.72. The van der Waals surface area contributed by atoms with E-state index < -0.39 is 12.1 Å². The van der Waals surface area contributed by atoms with Crippen molar-refractivity contribution >= 4 is 11.8 Å². The summed E-state index contributed by atoms with van der Waals surface area (Å²) in [6.07, 6.45) is 5.47. The molecular formula is C27H48FN7O2. The number of piperidine rings is 1. The molecule has 1 aliphatic carbocycles. The average molecular weight is 522 g/mol. The molecule has 4 rings (SSSR count). The van der Waals surface area contributed by atoms with Gasteiger partial charge in [-0.2, -0.15) is 0 Å². The Hall–Kier alpha value is -1.59. The number of amides is 2. The molecule has 0 aromatic heterocycles. The topological polar surface area (TPSA) is 120 Å².